The van der Waals surface area contributed by atoms with E-state index in [9.17, 15) is 0 Å². The molecule has 0 bridgehead atoms. The lowest BCUT2D eigenvalue weighted by molar-refractivity contribution is 1.11. The van der Waals surface area contributed by atoms with Crippen LogP contribution in [0, 0.1) is 18.3 Å². The van der Waals surface area contributed by atoms with Crippen LogP contribution in [0.2, 0.25) is 0 Å². The zero-order valence-corrected chi connectivity index (χ0v) is 11.0. The van der Waals surface area contributed by atoms with E-state index in [2.05, 4.69) is 55.5 Å². The third-order valence-electron chi connectivity index (χ3n) is 3.65. The van der Waals surface area contributed by atoms with Gasteiger partial charge in [0.05, 0.1) is 12.5 Å². The summed E-state index contributed by atoms with van der Waals surface area (Å²) in [7, 11) is 0. The second kappa shape index (κ2) is 4.74. The summed E-state index contributed by atoms with van der Waals surface area (Å²) in [6.45, 7) is 2.12. The minimum Gasteiger partial charge on any atom is -0.198 e. The molecule has 1 aliphatic carbocycles. The Bertz CT molecular complexity index is 687. The van der Waals surface area contributed by atoms with Crippen LogP contribution in [0.4, 0.5) is 0 Å². The van der Waals surface area contributed by atoms with Crippen molar-refractivity contribution in [3.8, 4) is 6.07 Å². The summed E-state index contributed by atoms with van der Waals surface area (Å²) >= 11 is 0. The Balaban J connectivity index is 2.20. The maximum Gasteiger partial charge on any atom is 0.0666 e. The van der Waals surface area contributed by atoms with Gasteiger partial charge in [-0.3, -0.25) is 0 Å². The number of nitrogens with zero attached hydrogens (tertiary/aromatic N) is 1. The molecular formula is C18H15N. The average molecular weight is 245 g/mol. The van der Waals surface area contributed by atoms with Gasteiger partial charge in [0.25, 0.3) is 0 Å². The molecular weight excluding hydrogens is 230 g/mol. The van der Waals surface area contributed by atoms with E-state index in [1.165, 1.54) is 33.4 Å². The molecule has 0 unspecified atom stereocenters. The number of allylic oxidation sites excluding steroid dienone is 1. The van der Waals surface area contributed by atoms with Gasteiger partial charge in [-0.2, -0.15) is 5.26 Å². The highest BCUT2D eigenvalue weighted by atomic mass is 14.3. The first-order chi connectivity index (χ1) is 9.29. The van der Waals surface area contributed by atoms with E-state index in [1.54, 1.807) is 0 Å². The SMILES string of the molecule is Cc1ccc2c(c1)C(c1ccccc1)=C(CC#N)C2. The topological polar surface area (TPSA) is 23.8 Å². The Morgan fingerprint density at radius 1 is 1.11 bits per heavy atom. The van der Waals surface area contributed by atoms with Crippen LogP contribution in [0.15, 0.2) is 54.1 Å². The smallest absolute Gasteiger partial charge is 0.0666 e. The summed E-state index contributed by atoms with van der Waals surface area (Å²) in [5, 5.41) is 9.04. The van der Waals surface area contributed by atoms with E-state index >= 15 is 0 Å². The van der Waals surface area contributed by atoms with E-state index in [4.69, 9.17) is 5.26 Å². The van der Waals surface area contributed by atoms with Crippen molar-refractivity contribution in [3.05, 3.63) is 76.4 Å². The molecule has 0 saturated heterocycles. The molecule has 1 heteroatoms. The van der Waals surface area contributed by atoms with Crippen molar-refractivity contribution in [1.29, 1.82) is 5.26 Å². The van der Waals surface area contributed by atoms with E-state index in [0.29, 0.717) is 6.42 Å². The first-order valence-corrected chi connectivity index (χ1v) is 6.54. The Kier molecular flexibility index (Phi) is 2.93. The van der Waals surface area contributed by atoms with Gasteiger partial charge in [-0.1, -0.05) is 54.1 Å². The van der Waals surface area contributed by atoms with E-state index in [-0.39, 0.29) is 0 Å². The van der Waals surface area contributed by atoms with Crippen molar-refractivity contribution < 1.29 is 0 Å². The van der Waals surface area contributed by atoms with Crippen LogP contribution >= 0.6 is 0 Å². The largest absolute Gasteiger partial charge is 0.198 e. The van der Waals surface area contributed by atoms with Crippen LogP contribution in [0.3, 0.4) is 0 Å². The zero-order chi connectivity index (χ0) is 13.2. The molecule has 0 aromatic heterocycles. The van der Waals surface area contributed by atoms with Crippen LogP contribution in [-0.4, -0.2) is 0 Å². The van der Waals surface area contributed by atoms with E-state index < -0.39 is 0 Å². The summed E-state index contributed by atoms with van der Waals surface area (Å²) < 4.78 is 0. The molecule has 0 fully saturated rings. The number of nitriles is 1. The second-order valence-electron chi connectivity index (χ2n) is 5.02. The molecule has 1 nitrogen and oxygen atoms in total. The Morgan fingerprint density at radius 3 is 2.63 bits per heavy atom. The van der Waals surface area contributed by atoms with Gasteiger partial charge in [0.15, 0.2) is 0 Å². The Morgan fingerprint density at radius 2 is 1.89 bits per heavy atom. The van der Waals surface area contributed by atoms with Crippen LogP contribution in [0.1, 0.15) is 28.7 Å². The Hall–Kier alpha value is -2.33. The molecule has 2 aromatic carbocycles. The summed E-state index contributed by atoms with van der Waals surface area (Å²) in [5.41, 5.74) is 7.64. The van der Waals surface area contributed by atoms with Gasteiger partial charge in [-0.25, -0.2) is 0 Å². The van der Waals surface area contributed by atoms with Gasteiger partial charge in [0.2, 0.25) is 0 Å². The van der Waals surface area contributed by atoms with Crippen molar-refractivity contribution in [2.75, 3.05) is 0 Å². The van der Waals surface area contributed by atoms with Crippen molar-refractivity contribution >= 4 is 5.57 Å². The first-order valence-electron chi connectivity index (χ1n) is 6.54. The number of benzene rings is 2. The van der Waals surface area contributed by atoms with Crippen LogP contribution in [0.5, 0.6) is 0 Å². The maximum atomic E-state index is 9.04. The van der Waals surface area contributed by atoms with Gasteiger partial charge in [-0.15, -0.1) is 0 Å². The molecule has 0 amide bonds. The monoisotopic (exact) mass is 245 g/mol. The second-order valence-corrected chi connectivity index (χ2v) is 5.02. The minimum absolute atomic E-state index is 0.512. The van der Waals surface area contributed by atoms with Crippen molar-refractivity contribution in [2.24, 2.45) is 0 Å². The highest BCUT2D eigenvalue weighted by Crippen LogP contribution is 2.39. The fourth-order valence-corrected chi connectivity index (χ4v) is 2.80. The first kappa shape index (κ1) is 11.7. The molecule has 3 rings (SSSR count). The number of fused-ring (bicyclic) bond motifs is 1. The number of hydrogen-bond donors (Lipinski definition) is 0. The maximum absolute atomic E-state index is 9.04. The molecule has 19 heavy (non-hydrogen) atoms. The molecule has 0 spiro atoms. The predicted octanol–water partition coefficient (Wildman–Crippen LogP) is 4.27. The Labute approximate surface area is 113 Å². The summed E-state index contributed by atoms with van der Waals surface area (Å²) in [5.74, 6) is 0. The van der Waals surface area contributed by atoms with Gasteiger partial charge in [0, 0.05) is 0 Å². The molecule has 92 valence electrons. The number of rotatable bonds is 2. The fraction of sp³-hybridized carbons (Fsp3) is 0.167. The van der Waals surface area contributed by atoms with E-state index in [0.717, 1.165) is 6.42 Å². The quantitative estimate of drug-likeness (QED) is 0.775. The van der Waals surface area contributed by atoms with Gasteiger partial charge in [0.1, 0.15) is 0 Å². The molecule has 0 aliphatic heterocycles. The highest BCUT2D eigenvalue weighted by molar-refractivity contribution is 5.87. The molecule has 0 saturated carbocycles. The normalized spacial score (nSPS) is 13.3. The van der Waals surface area contributed by atoms with Gasteiger partial charge < -0.3 is 0 Å². The molecule has 0 radical (unpaired) electrons. The molecule has 0 N–H and O–H groups in total. The molecule has 1 aliphatic rings. The molecule has 2 aromatic rings. The summed E-state index contributed by atoms with van der Waals surface area (Å²) in [4.78, 5) is 0. The lowest BCUT2D eigenvalue weighted by Crippen LogP contribution is -1.89. The number of aryl methyl sites for hydroxylation is 1. The molecule has 0 atom stereocenters. The van der Waals surface area contributed by atoms with Crippen molar-refractivity contribution in [3.63, 3.8) is 0 Å². The summed E-state index contributed by atoms with van der Waals surface area (Å²) in [6.07, 6.45) is 1.42. The lowest BCUT2D eigenvalue weighted by atomic mass is 9.96. The molecule has 0 heterocycles. The summed E-state index contributed by atoms with van der Waals surface area (Å²) in [6, 6.07) is 19.3. The highest BCUT2D eigenvalue weighted by Gasteiger charge is 2.22. The van der Waals surface area contributed by atoms with Crippen molar-refractivity contribution in [1.82, 2.24) is 0 Å². The van der Waals surface area contributed by atoms with Gasteiger partial charge in [-0.05, 0) is 41.2 Å². The lowest BCUT2D eigenvalue weighted by Gasteiger charge is -2.08. The van der Waals surface area contributed by atoms with Crippen molar-refractivity contribution in [2.45, 2.75) is 19.8 Å². The van der Waals surface area contributed by atoms with Gasteiger partial charge >= 0.3 is 0 Å². The van der Waals surface area contributed by atoms with Crippen LogP contribution in [-0.2, 0) is 6.42 Å². The predicted molar refractivity (Wildman–Crippen MR) is 77.6 cm³/mol. The van der Waals surface area contributed by atoms with E-state index in [1.807, 2.05) is 6.07 Å². The van der Waals surface area contributed by atoms with Crippen LogP contribution in [0.25, 0.3) is 5.57 Å². The fourth-order valence-electron chi connectivity index (χ4n) is 2.80. The average Bonchev–Trinajstić information content (AvgIpc) is 2.77. The number of hydrogen-bond acceptors (Lipinski definition) is 1. The van der Waals surface area contributed by atoms with Crippen LogP contribution < -0.4 is 0 Å². The third-order valence-corrected chi connectivity index (χ3v) is 3.65. The third kappa shape index (κ3) is 2.06. The zero-order valence-electron chi connectivity index (χ0n) is 11.0. The standard InChI is InChI=1S/C18H15N/c1-13-7-8-15-12-16(9-10-19)18(17(15)11-13)14-5-3-2-4-6-14/h2-8,11H,9,12H2,1H3. The minimum atomic E-state index is 0.512.